The van der Waals surface area contributed by atoms with Gasteiger partial charge in [-0.25, -0.2) is 4.79 Å². The van der Waals surface area contributed by atoms with Gasteiger partial charge >= 0.3 is 5.97 Å². The summed E-state index contributed by atoms with van der Waals surface area (Å²) in [5.41, 5.74) is 0.507. The molecule has 1 aromatic rings. The Morgan fingerprint density at radius 1 is 1.39 bits per heavy atom. The molecule has 0 saturated heterocycles. The predicted octanol–water partition coefficient (Wildman–Crippen LogP) is 2.26. The minimum Gasteiger partial charge on any atom is -0.496 e. The molecule has 1 N–H and O–H groups in total. The number of rotatable bonds is 4. The lowest BCUT2D eigenvalue weighted by molar-refractivity contribution is -0.111. The molecule has 0 fully saturated rings. The molecule has 96 valence electrons. The molecule has 0 spiro atoms. The van der Waals surface area contributed by atoms with E-state index in [4.69, 9.17) is 16.3 Å². The van der Waals surface area contributed by atoms with Crippen LogP contribution in [0.5, 0.6) is 5.75 Å². The molecule has 0 aromatic heterocycles. The zero-order chi connectivity index (χ0) is 13.7. The van der Waals surface area contributed by atoms with Gasteiger partial charge in [0, 0.05) is 6.07 Å². The van der Waals surface area contributed by atoms with Crippen molar-refractivity contribution >= 4 is 29.2 Å². The highest BCUT2D eigenvalue weighted by Gasteiger charge is 2.16. The standard InChI is InChI=1S/C12H12ClNO4/c1-4-11(15)14-9-6-10(17-2)7(5-8(9)13)12(16)18-3/h4-6H,1H2,2-3H3,(H,14,15). The van der Waals surface area contributed by atoms with E-state index in [1.54, 1.807) is 0 Å². The lowest BCUT2D eigenvalue weighted by Crippen LogP contribution is -2.10. The van der Waals surface area contributed by atoms with Crippen LogP contribution in [0.3, 0.4) is 0 Å². The van der Waals surface area contributed by atoms with Gasteiger partial charge in [0.05, 0.1) is 24.9 Å². The third-order valence-corrected chi connectivity index (χ3v) is 2.45. The average molecular weight is 270 g/mol. The first-order chi connectivity index (χ1) is 8.53. The number of nitrogens with one attached hydrogen (secondary N) is 1. The number of anilines is 1. The van der Waals surface area contributed by atoms with Gasteiger partial charge in [-0.2, -0.15) is 0 Å². The molecule has 0 radical (unpaired) electrons. The van der Waals surface area contributed by atoms with Crippen LogP contribution in [0.4, 0.5) is 5.69 Å². The highest BCUT2D eigenvalue weighted by atomic mass is 35.5. The minimum atomic E-state index is -0.574. The van der Waals surface area contributed by atoms with Gasteiger partial charge in [0.1, 0.15) is 11.3 Å². The summed E-state index contributed by atoms with van der Waals surface area (Å²) < 4.78 is 9.64. The Labute approximate surface area is 109 Å². The SMILES string of the molecule is C=CC(=O)Nc1cc(OC)c(C(=O)OC)cc1Cl. The Balaban J connectivity index is 3.21. The van der Waals surface area contributed by atoms with E-state index in [-0.39, 0.29) is 16.3 Å². The molecule has 1 aromatic carbocycles. The van der Waals surface area contributed by atoms with Crippen LogP contribution in [-0.4, -0.2) is 26.1 Å². The normalized spacial score (nSPS) is 9.50. The first-order valence-electron chi connectivity index (χ1n) is 4.92. The maximum Gasteiger partial charge on any atom is 0.341 e. The monoisotopic (exact) mass is 269 g/mol. The Hall–Kier alpha value is -2.01. The highest BCUT2D eigenvalue weighted by molar-refractivity contribution is 6.34. The topological polar surface area (TPSA) is 64.6 Å². The largest absolute Gasteiger partial charge is 0.496 e. The fraction of sp³-hybridized carbons (Fsp3) is 0.167. The number of carbonyl (C=O) groups is 2. The number of carbonyl (C=O) groups excluding carboxylic acids is 2. The fourth-order valence-corrected chi connectivity index (χ4v) is 1.48. The maximum atomic E-state index is 11.5. The van der Waals surface area contributed by atoms with Crippen molar-refractivity contribution in [3.05, 3.63) is 35.4 Å². The second-order valence-corrected chi connectivity index (χ2v) is 3.62. The number of halogens is 1. The van der Waals surface area contributed by atoms with E-state index in [1.165, 1.54) is 26.4 Å². The summed E-state index contributed by atoms with van der Waals surface area (Å²) in [5.74, 6) is -0.731. The van der Waals surface area contributed by atoms with Crippen molar-refractivity contribution in [3.8, 4) is 5.75 Å². The average Bonchev–Trinajstić information content (AvgIpc) is 2.39. The summed E-state index contributed by atoms with van der Waals surface area (Å²) >= 11 is 5.95. The summed E-state index contributed by atoms with van der Waals surface area (Å²) in [4.78, 5) is 22.7. The van der Waals surface area contributed by atoms with Gasteiger partial charge in [-0.05, 0) is 12.1 Å². The van der Waals surface area contributed by atoms with Gasteiger partial charge in [-0.3, -0.25) is 4.79 Å². The molecule has 1 rings (SSSR count). The number of benzene rings is 1. The summed E-state index contributed by atoms with van der Waals surface area (Å²) in [6, 6.07) is 2.81. The molecular weight excluding hydrogens is 258 g/mol. The van der Waals surface area contributed by atoms with Crippen molar-refractivity contribution in [2.24, 2.45) is 0 Å². The van der Waals surface area contributed by atoms with Crippen LogP contribution in [0.2, 0.25) is 5.02 Å². The molecule has 0 heterocycles. The second kappa shape index (κ2) is 6.07. The summed E-state index contributed by atoms with van der Waals surface area (Å²) in [6.45, 7) is 3.33. The molecule has 18 heavy (non-hydrogen) atoms. The van der Waals surface area contributed by atoms with Gasteiger partial charge in [0.15, 0.2) is 0 Å². The minimum absolute atomic E-state index is 0.182. The van der Waals surface area contributed by atoms with E-state index >= 15 is 0 Å². The summed E-state index contributed by atoms with van der Waals surface area (Å²) in [5, 5.41) is 2.70. The van der Waals surface area contributed by atoms with Crippen molar-refractivity contribution < 1.29 is 19.1 Å². The van der Waals surface area contributed by atoms with Crippen LogP contribution >= 0.6 is 11.6 Å². The number of hydrogen-bond donors (Lipinski definition) is 1. The highest BCUT2D eigenvalue weighted by Crippen LogP contribution is 2.31. The molecule has 0 bridgehead atoms. The van der Waals surface area contributed by atoms with Crippen LogP contribution in [0.25, 0.3) is 0 Å². The molecule has 5 nitrogen and oxygen atoms in total. The third-order valence-electron chi connectivity index (χ3n) is 2.14. The van der Waals surface area contributed by atoms with E-state index in [1.807, 2.05) is 0 Å². The molecular formula is C12H12ClNO4. The number of esters is 1. The molecule has 0 saturated carbocycles. The van der Waals surface area contributed by atoms with Gasteiger partial charge in [0.25, 0.3) is 0 Å². The van der Waals surface area contributed by atoms with Gasteiger partial charge in [-0.1, -0.05) is 18.2 Å². The predicted molar refractivity (Wildman–Crippen MR) is 68.2 cm³/mol. The van der Waals surface area contributed by atoms with E-state index < -0.39 is 11.9 Å². The molecule has 0 aliphatic heterocycles. The van der Waals surface area contributed by atoms with Gasteiger partial charge < -0.3 is 14.8 Å². The Morgan fingerprint density at radius 2 is 2.06 bits per heavy atom. The lowest BCUT2D eigenvalue weighted by Gasteiger charge is -2.11. The number of methoxy groups -OCH3 is 2. The molecule has 1 amide bonds. The first kappa shape index (κ1) is 14.1. The number of hydrogen-bond acceptors (Lipinski definition) is 4. The Kier molecular flexibility index (Phi) is 4.74. The van der Waals surface area contributed by atoms with Crippen LogP contribution < -0.4 is 10.1 Å². The molecule has 0 aliphatic rings. The van der Waals surface area contributed by atoms with Crippen LogP contribution in [0, 0.1) is 0 Å². The maximum absolute atomic E-state index is 11.5. The smallest absolute Gasteiger partial charge is 0.341 e. The lowest BCUT2D eigenvalue weighted by atomic mass is 10.1. The van der Waals surface area contributed by atoms with Crippen LogP contribution in [0.15, 0.2) is 24.8 Å². The number of ether oxygens (including phenoxy) is 2. The molecule has 0 unspecified atom stereocenters. The van der Waals surface area contributed by atoms with E-state index in [0.717, 1.165) is 6.08 Å². The summed E-state index contributed by atoms with van der Waals surface area (Å²) in [6.07, 6.45) is 1.11. The van der Waals surface area contributed by atoms with Gasteiger partial charge in [-0.15, -0.1) is 0 Å². The molecule has 0 atom stereocenters. The summed E-state index contributed by atoms with van der Waals surface area (Å²) in [7, 11) is 2.65. The van der Waals surface area contributed by atoms with Gasteiger partial charge in [0.2, 0.25) is 5.91 Å². The number of amides is 1. The Morgan fingerprint density at radius 3 is 2.56 bits per heavy atom. The van der Waals surface area contributed by atoms with Crippen molar-refractivity contribution in [2.45, 2.75) is 0 Å². The van der Waals surface area contributed by atoms with E-state index in [2.05, 4.69) is 16.6 Å². The van der Waals surface area contributed by atoms with Crippen molar-refractivity contribution in [1.29, 1.82) is 0 Å². The second-order valence-electron chi connectivity index (χ2n) is 3.22. The quantitative estimate of drug-likeness (QED) is 0.673. The third kappa shape index (κ3) is 3.01. The van der Waals surface area contributed by atoms with Crippen molar-refractivity contribution in [3.63, 3.8) is 0 Å². The van der Waals surface area contributed by atoms with Crippen molar-refractivity contribution in [2.75, 3.05) is 19.5 Å². The Bertz CT molecular complexity index is 499. The van der Waals surface area contributed by atoms with E-state index in [0.29, 0.717) is 5.69 Å². The molecule has 6 heteroatoms. The fourth-order valence-electron chi connectivity index (χ4n) is 1.27. The van der Waals surface area contributed by atoms with Crippen molar-refractivity contribution in [1.82, 2.24) is 0 Å². The van der Waals surface area contributed by atoms with Crippen LogP contribution in [0.1, 0.15) is 10.4 Å². The van der Waals surface area contributed by atoms with E-state index in [9.17, 15) is 9.59 Å². The zero-order valence-electron chi connectivity index (χ0n) is 9.95. The molecule has 0 aliphatic carbocycles. The first-order valence-corrected chi connectivity index (χ1v) is 5.30. The van der Waals surface area contributed by atoms with Crippen LogP contribution in [-0.2, 0) is 9.53 Å². The zero-order valence-corrected chi connectivity index (χ0v) is 10.7.